The Morgan fingerprint density at radius 3 is 3.00 bits per heavy atom. The van der Waals surface area contributed by atoms with E-state index >= 15 is 0 Å². The first-order valence-electron chi connectivity index (χ1n) is 3.69. The maximum atomic E-state index is 11.2. The molecule has 4 heteroatoms. The fourth-order valence-electron chi connectivity index (χ4n) is 1.53. The van der Waals surface area contributed by atoms with Crippen molar-refractivity contribution in [3.8, 4) is 0 Å². The van der Waals surface area contributed by atoms with E-state index in [1.165, 1.54) is 0 Å². The highest BCUT2D eigenvalue weighted by molar-refractivity contribution is 5.84. The molecule has 3 aliphatic rings. The zero-order valence-corrected chi connectivity index (χ0v) is 6.03. The monoisotopic (exact) mass is 155 g/mol. The molecule has 0 aromatic rings. The zero-order chi connectivity index (χ0) is 7.84. The molecule has 0 N–H and O–H groups in total. The van der Waals surface area contributed by atoms with Gasteiger partial charge in [0.1, 0.15) is 12.4 Å². The van der Waals surface area contributed by atoms with Gasteiger partial charge < -0.3 is 14.4 Å². The van der Waals surface area contributed by atoms with Crippen LogP contribution >= 0.6 is 0 Å². The van der Waals surface area contributed by atoms with Crippen molar-refractivity contribution in [1.29, 1.82) is 0 Å². The van der Waals surface area contributed by atoms with E-state index in [2.05, 4.69) is 0 Å². The van der Waals surface area contributed by atoms with Crippen molar-refractivity contribution >= 4 is 12.2 Å². The van der Waals surface area contributed by atoms with Crippen LogP contribution in [0, 0.1) is 0 Å². The van der Waals surface area contributed by atoms with Crippen LogP contribution in [0.15, 0.2) is 0 Å². The summed E-state index contributed by atoms with van der Waals surface area (Å²) in [5.74, 6) is -0.0281. The summed E-state index contributed by atoms with van der Waals surface area (Å²) < 4.78 is 5.16. The summed E-state index contributed by atoms with van der Waals surface area (Å²) in [5, 5.41) is 0. The van der Waals surface area contributed by atoms with Gasteiger partial charge in [0.25, 0.3) is 5.91 Å². The lowest BCUT2D eigenvalue weighted by atomic mass is 9.98. The average Bonchev–Trinajstić information content (AvgIpc) is 1.90. The number of ether oxygens (including phenoxy) is 1. The largest absolute Gasteiger partial charge is 0.363 e. The van der Waals surface area contributed by atoms with E-state index in [1.807, 2.05) is 0 Å². The van der Waals surface area contributed by atoms with Crippen LogP contribution in [0.4, 0.5) is 0 Å². The summed E-state index contributed by atoms with van der Waals surface area (Å²) in [4.78, 5) is 22.9. The highest BCUT2D eigenvalue weighted by Gasteiger charge is 2.44. The molecule has 0 saturated carbocycles. The van der Waals surface area contributed by atoms with Gasteiger partial charge in [-0.2, -0.15) is 0 Å². The SMILES string of the molecule is O=CCN1CC2CC(O2)C1=O. The molecular formula is C7H9NO3. The second-order valence-corrected chi connectivity index (χ2v) is 2.89. The molecule has 2 atom stereocenters. The van der Waals surface area contributed by atoms with Crippen molar-refractivity contribution in [2.45, 2.75) is 18.6 Å². The minimum Gasteiger partial charge on any atom is -0.363 e. The number of nitrogens with zero attached hydrogens (tertiary/aromatic N) is 1. The third kappa shape index (κ3) is 0.939. The maximum Gasteiger partial charge on any atom is 0.252 e. The fraction of sp³-hybridized carbons (Fsp3) is 0.714. The molecule has 0 aromatic heterocycles. The molecule has 0 aromatic carbocycles. The molecule has 60 valence electrons. The molecular weight excluding hydrogens is 146 g/mol. The lowest BCUT2D eigenvalue weighted by Gasteiger charge is -2.45. The van der Waals surface area contributed by atoms with Crippen LogP contribution < -0.4 is 0 Å². The first-order valence-corrected chi connectivity index (χ1v) is 3.69. The van der Waals surface area contributed by atoms with E-state index in [1.54, 1.807) is 4.90 Å². The number of hydrogen-bond donors (Lipinski definition) is 0. The minimum absolute atomic E-state index is 0.0281. The van der Waals surface area contributed by atoms with E-state index in [0.29, 0.717) is 6.54 Å². The summed E-state index contributed by atoms with van der Waals surface area (Å²) in [5.41, 5.74) is 0. The molecule has 0 aliphatic carbocycles. The number of amides is 1. The van der Waals surface area contributed by atoms with Crippen LogP contribution in [0.3, 0.4) is 0 Å². The minimum atomic E-state index is -0.242. The highest BCUT2D eigenvalue weighted by atomic mass is 16.5. The van der Waals surface area contributed by atoms with Crippen molar-refractivity contribution in [1.82, 2.24) is 4.90 Å². The van der Waals surface area contributed by atoms with Crippen molar-refractivity contribution in [2.75, 3.05) is 13.1 Å². The van der Waals surface area contributed by atoms with Crippen molar-refractivity contribution in [3.05, 3.63) is 0 Å². The molecule has 3 fully saturated rings. The van der Waals surface area contributed by atoms with Crippen molar-refractivity contribution < 1.29 is 14.3 Å². The van der Waals surface area contributed by atoms with Crippen molar-refractivity contribution in [3.63, 3.8) is 0 Å². The van der Waals surface area contributed by atoms with E-state index < -0.39 is 0 Å². The van der Waals surface area contributed by atoms with Gasteiger partial charge in [-0.15, -0.1) is 0 Å². The predicted molar refractivity (Wildman–Crippen MR) is 35.9 cm³/mol. The topological polar surface area (TPSA) is 46.6 Å². The van der Waals surface area contributed by atoms with Crippen LogP contribution in [0.5, 0.6) is 0 Å². The molecule has 2 bridgehead atoms. The number of morpholine rings is 1. The third-order valence-corrected chi connectivity index (χ3v) is 2.14. The Balaban J connectivity index is 2.01. The molecule has 4 nitrogen and oxygen atoms in total. The molecule has 1 amide bonds. The molecule has 11 heavy (non-hydrogen) atoms. The summed E-state index contributed by atoms with van der Waals surface area (Å²) in [6.45, 7) is 0.809. The van der Waals surface area contributed by atoms with E-state index in [9.17, 15) is 9.59 Å². The third-order valence-electron chi connectivity index (χ3n) is 2.14. The Morgan fingerprint density at radius 2 is 2.45 bits per heavy atom. The highest BCUT2D eigenvalue weighted by Crippen LogP contribution is 2.28. The first-order chi connectivity index (χ1) is 5.31. The number of carbonyl (C=O) groups excluding carboxylic acids is 2. The zero-order valence-electron chi connectivity index (χ0n) is 6.03. The van der Waals surface area contributed by atoms with Gasteiger partial charge in [0.15, 0.2) is 0 Å². The Labute approximate surface area is 64.1 Å². The van der Waals surface area contributed by atoms with Gasteiger partial charge in [-0.05, 0) is 0 Å². The number of aldehydes is 1. The molecule has 3 aliphatic heterocycles. The average molecular weight is 155 g/mol. The Bertz CT molecular complexity index is 198. The molecule has 3 heterocycles. The first kappa shape index (κ1) is 6.79. The lowest BCUT2D eigenvalue weighted by Crippen LogP contribution is -2.61. The van der Waals surface area contributed by atoms with Crippen LogP contribution in [-0.4, -0.2) is 42.4 Å². The van der Waals surface area contributed by atoms with Gasteiger partial charge in [0, 0.05) is 13.0 Å². The van der Waals surface area contributed by atoms with Gasteiger partial charge in [-0.25, -0.2) is 0 Å². The smallest absolute Gasteiger partial charge is 0.252 e. The summed E-state index contributed by atoms with van der Waals surface area (Å²) in [6, 6.07) is 0. The normalized spacial score (nSPS) is 34.9. The van der Waals surface area contributed by atoms with Gasteiger partial charge >= 0.3 is 0 Å². The molecule has 2 unspecified atom stereocenters. The fourth-order valence-corrected chi connectivity index (χ4v) is 1.53. The molecule has 3 saturated heterocycles. The number of rotatable bonds is 2. The second-order valence-electron chi connectivity index (χ2n) is 2.89. The summed E-state index contributed by atoms with van der Waals surface area (Å²) >= 11 is 0. The van der Waals surface area contributed by atoms with Gasteiger partial charge in [0.05, 0.1) is 12.6 Å². The van der Waals surface area contributed by atoms with Crippen LogP contribution in [0.2, 0.25) is 0 Å². The summed E-state index contributed by atoms with van der Waals surface area (Å²) in [6.07, 6.45) is 1.54. The maximum absolute atomic E-state index is 11.2. The number of hydrogen-bond acceptors (Lipinski definition) is 3. The van der Waals surface area contributed by atoms with Crippen LogP contribution in [-0.2, 0) is 14.3 Å². The molecule has 0 spiro atoms. The molecule has 0 radical (unpaired) electrons. The van der Waals surface area contributed by atoms with Gasteiger partial charge in [-0.3, -0.25) is 4.79 Å². The van der Waals surface area contributed by atoms with E-state index in [0.717, 1.165) is 12.7 Å². The van der Waals surface area contributed by atoms with Crippen molar-refractivity contribution in [2.24, 2.45) is 0 Å². The Hall–Kier alpha value is -0.900. The van der Waals surface area contributed by atoms with Gasteiger partial charge in [-0.1, -0.05) is 0 Å². The predicted octanol–water partition coefficient (Wildman–Crippen LogP) is -0.815. The van der Waals surface area contributed by atoms with Crippen LogP contribution in [0.25, 0.3) is 0 Å². The molecule has 3 rings (SSSR count). The number of fused-ring (bicyclic) bond motifs is 2. The van der Waals surface area contributed by atoms with Gasteiger partial charge in [0.2, 0.25) is 0 Å². The standard InChI is InChI=1S/C7H9NO3/c9-2-1-8-4-5-3-6(11-5)7(8)10/h2,5-6H,1,3-4H2. The Kier molecular flexibility index (Phi) is 1.42. The summed E-state index contributed by atoms with van der Waals surface area (Å²) in [7, 11) is 0. The second kappa shape index (κ2) is 2.30. The quantitative estimate of drug-likeness (QED) is 0.490. The van der Waals surface area contributed by atoms with E-state index in [4.69, 9.17) is 4.74 Å². The van der Waals surface area contributed by atoms with Crippen LogP contribution in [0.1, 0.15) is 6.42 Å². The number of carbonyl (C=O) groups is 2. The Morgan fingerprint density at radius 1 is 1.73 bits per heavy atom. The number of piperidine rings is 1. The lowest BCUT2D eigenvalue weighted by molar-refractivity contribution is -0.197. The van der Waals surface area contributed by atoms with E-state index in [-0.39, 0.29) is 24.7 Å².